The van der Waals surface area contributed by atoms with Crippen molar-refractivity contribution in [3.8, 4) is 0 Å². The third-order valence-corrected chi connectivity index (χ3v) is 6.07. The Labute approximate surface area is 174 Å². The van der Waals surface area contributed by atoms with Crippen molar-refractivity contribution in [3.63, 3.8) is 0 Å². The van der Waals surface area contributed by atoms with Gasteiger partial charge in [0.15, 0.2) is 0 Å². The zero-order chi connectivity index (χ0) is 20.8. The lowest BCUT2D eigenvalue weighted by molar-refractivity contribution is -0.283. The predicted octanol–water partition coefficient (Wildman–Crippen LogP) is 0.562. The lowest BCUT2D eigenvalue weighted by atomic mass is 9.69. The molecule has 2 aromatic rings. The third-order valence-electron chi connectivity index (χ3n) is 6.07. The van der Waals surface area contributed by atoms with Crippen molar-refractivity contribution in [2.45, 2.75) is 36.4 Å². The highest BCUT2D eigenvalue weighted by molar-refractivity contribution is 6.61. The van der Waals surface area contributed by atoms with Gasteiger partial charge in [-0.1, -0.05) is 72.8 Å². The van der Waals surface area contributed by atoms with E-state index < -0.39 is 30.5 Å². The third kappa shape index (κ3) is 3.00. The SMILES string of the molecule is O=C1C[C@]2(C=C[C@@]3(COB(c4ccccc4)O3)[C@@H](O)[C@H]2O)N1OCc1ccccc1. The van der Waals surface area contributed by atoms with E-state index in [1.54, 1.807) is 12.2 Å². The van der Waals surface area contributed by atoms with E-state index in [1.807, 2.05) is 60.7 Å². The summed E-state index contributed by atoms with van der Waals surface area (Å²) in [7, 11) is -0.639. The lowest BCUT2D eigenvalue weighted by Crippen LogP contribution is -2.74. The Kier molecular flexibility index (Phi) is 4.76. The normalized spacial score (nSPS) is 32.8. The average Bonchev–Trinajstić information content (AvgIpc) is 3.21. The topological polar surface area (TPSA) is 88.5 Å². The van der Waals surface area contributed by atoms with E-state index in [0.29, 0.717) is 0 Å². The predicted molar refractivity (Wildman–Crippen MR) is 108 cm³/mol. The number of benzene rings is 2. The molecule has 2 N–H and O–H groups in total. The highest BCUT2D eigenvalue weighted by Gasteiger charge is 2.64. The molecule has 7 nitrogen and oxygen atoms in total. The van der Waals surface area contributed by atoms with Crippen LogP contribution in [-0.4, -0.2) is 58.3 Å². The van der Waals surface area contributed by atoms with Crippen LogP contribution < -0.4 is 5.46 Å². The second-order valence-corrected chi connectivity index (χ2v) is 7.96. The van der Waals surface area contributed by atoms with Gasteiger partial charge >= 0.3 is 7.12 Å². The number of carbonyl (C=O) groups is 1. The van der Waals surface area contributed by atoms with E-state index in [-0.39, 0.29) is 25.5 Å². The summed E-state index contributed by atoms with van der Waals surface area (Å²) in [6.07, 6.45) is 0.878. The number of hydroxylamine groups is 2. The molecule has 0 unspecified atom stereocenters. The second-order valence-electron chi connectivity index (χ2n) is 7.96. The van der Waals surface area contributed by atoms with Crippen LogP contribution in [-0.2, 0) is 25.5 Å². The molecule has 2 fully saturated rings. The fraction of sp³-hybridized carbons (Fsp3) is 0.318. The minimum atomic E-state index is -1.29. The first-order valence-electron chi connectivity index (χ1n) is 9.95. The molecule has 0 aromatic heterocycles. The Morgan fingerprint density at radius 1 is 1.03 bits per heavy atom. The van der Waals surface area contributed by atoms with Crippen LogP contribution in [0.2, 0.25) is 0 Å². The molecule has 0 bridgehead atoms. The molecular formula is C22H22BNO6. The average molecular weight is 407 g/mol. The first kappa shape index (κ1) is 19.5. The van der Waals surface area contributed by atoms with E-state index in [9.17, 15) is 15.0 Å². The number of aliphatic hydroxyl groups excluding tert-OH is 2. The smallest absolute Gasteiger partial charge is 0.404 e. The number of rotatable bonds is 4. The Bertz CT molecular complexity index is 957. The molecule has 0 saturated carbocycles. The van der Waals surface area contributed by atoms with Gasteiger partial charge in [0.1, 0.15) is 30.0 Å². The maximum atomic E-state index is 12.2. The summed E-state index contributed by atoms with van der Waals surface area (Å²) < 4.78 is 11.8. The molecule has 2 aliphatic heterocycles. The molecule has 2 spiro atoms. The summed E-state index contributed by atoms with van der Waals surface area (Å²) in [4.78, 5) is 18.0. The Hall–Kier alpha value is -2.49. The summed E-state index contributed by atoms with van der Waals surface area (Å²) in [6.45, 7) is 0.280. The fourth-order valence-corrected chi connectivity index (χ4v) is 4.30. The molecule has 1 amide bonds. The molecule has 1 aliphatic carbocycles. The number of amides is 1. The van der Waals surface area contributed by atoms with Gasteiger partial charge in [-0.2, -0.15) is 0 Å². The summed E-state index contributed by atoms with van der Waals surface area (Å²) in [5.74, 6) is -0.247. The van der Waals surface area contributed by atoms with E-state index in [1.165, 1.54) is 5.06 Å². The molecule has 2 heterocycles. The summed E-state index contributed by atoms with van der Waals surface area (Å²) in [6, 6.07) is 18.9. The molecule has 0 radical (unpaired) electrons. The van der Waals surface area contributed by atoms with Gasteiger partial charge < -0.3 is 19.5 Å². The summed E-state index contributed by atoms with van der Waals surface area (Å²) in [5, 5.41) is 23.2. The van der Waals surface area contributed by atoms with Gasteiger partial charge in [0.25, 0.3) is 0 Å². The van der Waals surface area contributed by atoms with Crippen LogP contribution in [0.15, 0.2) is 72.8 Å². The minimum absolute atomic E-state index is 0.0512. The number of nitrogens with zero attached hydrogens (tertiary/aromatic N) is 1. The van der Waals surface area contributed by atoms with Crippen LogP contribution in [0.3, 0.4) is 0 Å². The molecule has 2 aromatic carbocycles. The van der Waals surface area contributed by atoms with Crippen molar-refractivity contribution < 1.29 is 29.2 Å². The fourth-order valence-electron chi connectivity index (χ4n) is 4.30. The standard InChI is InChI=1S/C22H22BNO6/c25-18-13-21(24(18)29-14-16-7-3-1-4-8-16)11-12-22(20(27)19(21)26)15-28-23(30-22)17-9-5-2-6-10-17/h1-12,19-20,26-27H,13-15H2/t19-,20+,21+,22-/m1/s1. The zero-order valence-electron chi connectivity index (χ0n) is 16.3. The van der Waals surface area contributed by atoms with Crippen molar-refractivity contribution in [2.24, 2.45) is 0 Å². The maximum Gasteiger partial charge on any atom is 0.494 e. The monoisotopic (exact) mass is 407 g/mol. The molecule has 154 valence electrons. The van der Waals surface area contributed by atoms with E-state index in [0.717, 1.165) is 11.0 Å². The van der Waals surface area contributed by atoms with Crippen LogP contribution >= 0.6 is 0 Å². The number of hydrogen-bond acceptors (Lipinski definition) is 6. The summed E-state index contributed by atoms with van der Waals surface area (Å²) in [5.41, 5.74) is -0.576. The van der Waals surface area contributed by atoms with Gasteiger partial charge in [-0.05, 0) is 11.0 Å². The molecule has 30 heavy (non-hydrogen) atoms. The van der Waals surface area contributed by atoms with Crippen molar-refractivity contribution in [1.29, 1.82) is 0 Å². The quantitative estimate of drug-likeness (QED) is 0.438. The summed E-state index contributed by atoms with van der Waals surface area (Å²) >= 11 is 0. The van der Waals surface area contributed by atoms with Crippen LogP contribution in [0.1, 0.15) is 12.0 Å². The molecule has 4 atom stereocenters. The van der Waals surface area contributed by atoms with Crippen molar-refractivity contribution >= 4 is 18.5 Å². The Balaban J connectivity index is 1.35. The first-order valence-corrected chi connectivity index (χ1v) is 9.95. The number of carbonyl (C=O) groups excluding carboxylic acids is 1. The lowest BCUT2D eigenvalue weighted by Gasteiger charge is -2.55. The van der Waals surface area contributed by atoms with Crippen molar-refractivity contribution in [3.05, 3.63) is 78.4 Å². The maximum absolute atomic E-state index is 12.2. The zero-order valence-corrected chi connectivity index (χ0v) is 16.3. The van der Waals surface area contributed by atoms with Gasteiger partial charge in [0.05, 0.1) is 13.0 Å². The van der Waals surface area contributed by atoms with Crippen LogP contribution in [0.4, 0.5) is 0 Å². The van der Waals surface area contributed by atoms with E-state index >= 15 is 0 Å². The van der Waals surface area contributed by atoms with E-state index in [2.05, 4.69) is 0 Å². The van der Waals surface area contributed by atoms with Gasteiger partial charge in [-0.15, -0.1) is 0 Å². The van der Waals surface area contributed by atoms with Gasteiger partial charge in [0.2, 0.25) is 5.91 Å². The molecule has 3 aliphatic rings. The minimum Gasteiger partial charge on any atom is -0.404 e. The van der Waals surface area contributed by atoms with Crippen LogP contribution in [0, 0.1) is 0 Å². The van der Waals surface area contributed by atoms with E-state index in [4.69, 9.17) is 14.1 Å². The highest BCUT2D eigenvalue weighted by Crippen LogP contribution is 2.45. The van der Waals surface area contributed by atoms with Gasteiger partial charge in [-0.25, -0.2) is 5.06 Å². The second kappa shape index (κ2) is 7.33. The molecule has 2 saturated heterocycles. The van der Waals surface area contributed by atoms with Gasteiger partial charge in [-0.3, -0.25) is 9.63 Å². The van der Waals surface area contributed by atoms with Gasteiger partial charge in [0, 0.05) is 0 Å². The highest BCUT2D eigenvalue weighted by atomic mass is 16.7. The Morgan fingerprint density at radius 2 is 1.73 bits per heavy atom. The van der Waals surface area contributed by atoms with Crippen LogP contribution in [0.5, 0.6) is 0 Å². The first-order chi connectivity index (χ1) is 14.5. The number of aliphatic hydroxyl groups is 2. The number of hydrogen-bond donors (Lipinski definition) is 2. The van der Waals surface area contributed by atoms with Crippen LogP contribution in [0.25, 0.3) is 0 Å². The molecule has 5 rings (SSSR count). The number of β-lactam (4-membered cyclic amide) rings is 1. The molecular weight excluding hydrogens is 385 g/mol. The van der Waals surface area contributed by atoms with Crippen molar-refractivity contribution in [1.82, 2.24) is 5.06 Å². The molecule has 8 heteroatoms. The largest absolute Gasteiger partial charge is 0.494 e. The van der Waals surface area contributed by atoms with Crippen molar-refractivity contribution in [2.75, 3.05) is 6.61 Å². The Morgan fingerprint density at radius 3 is 2.43 bits per heavy atom.